The highest BCUT2D eigenvalue weighted by atomic mass is 16.6. The number of hydrogen-bond acceptors (Lipinski definition) is 3. The number of rotatable bonds is 3. The molecule has 2 aromatic rings. The van der Waals surface area contributed by atoms with Crippen molar-refractivity contribution < 1.29 is 9.53 Å². The van der Waals surface area contributed by atoms with Crippen LogP contribution >= 0.6 is 0 Å². The van der Waals surface area contributed by atoms with E-state index in [9.17, 15) is 10.1 Å². The molecule has 1 saturated heterocycles. The third kappa shape index (κ3) is 3.66. The number of benzene rings is 2. The molecule has 0 aromatic heterocycles. The lowest BCUT2D eigenvalue weighted by Crippen LogP contribution is -2.51. The van der Waals surface area contributed by atoms with Crippen molar-refractivity contribution in [1.29, 1.82) is 5.26 Å². The molecule has 2 aromatic carbocycles. The SMILES string of the molecule is Cc1ccc(C#N)cc1C1=CC2CCCC(C1)N2C(=O)OCc1ccccc1. The molecule has 0 N–H and O–H groups in total. The number of carbonyl (C=O) groups is 1. The van der Waals surface area contributed by atoms with Crippen LogP contribution < -0.4 is 0 Å². The molecule has 0 aliphatic carbocycles. The minimum Gasteiger partial charge on any atom is -0.445 e. The molecule has 0 radical (unpaired) electrons. The highest BCUT2D eigenvalue weighted by molar-refractivity contribution is 5.76. The van der Waals surface area contributed by atoms with Crippen molar-refractivity contribution in [2.75, 3.05) is 0 Å². The highest BCUT2D eigenvalue weighted by Gasteiger charge is 2.38. The van der Waals surface area contributed by atoms with Crippen LogP contribution in [0.5, 0.6) is 0 Å². The van der Waals surface area contributed by atoms with Crippen LogP contribution in [0.25, 0.3) is 5.57 Å². The van der Waals surface area contributed by atoms with Gasteiger partial charge in [0.1, 0.15) is 6.61 Å². The van der Waals surface area contributed by atoms with Gasteiger partial charge in [-0.2, -0.15) is 5.26 Å². The van der Waals surface area contributed by atoms with Gasteiger partial charge in [-0.05, 0) is 67.0 Å². The van der Waals surface area contributed by atoms with E-state index in [0.717, 1.165) is 36.8 Å². The predicted molar refractivity (Wildman–Crippen MR) is 108 cm³/mol. The molecule has 142 valence electrons. The van der Waals surface area contributed by atoms with Crippen LogP contribution in [0.2, 0.25) is 0 Å². The standard InChI is InChI=1S/C24H24N2O2/c1-17-10-11-19(15-25)12-23(17)20-13-21-8-5-9-22(14-20)26(21)24(27)28-16-18-6-3-2-4-7-18/h2-4,6-7,10-13,21-22H,5,8-9,14,16H2,1H3. The maximum Gasteiger partial charge on any atom is 0.410 e. The van der Waals surface area contributed by atoms with Crippen LogP contribution in [0, 0.1) is 18.3 Å². The van der Waals surface area contributed by atoms with E-state index in [0.29, 0.717) is 12.2 Å². The summed E-state index contributed by atoms with van der Waals surface area (Å²) in [6.07, 6.45) is 5.87. The number of aryl methyl sites for hydroxylation is 1. The summed E-state index contributed by atoms with van der Waals surface area (Å²) in [6, 6.07) is 18.1. The number of hydrogen-bond donors (Lipinski definition) is 0. The number of piperidine rings is 1. The Bertz CT molecular complexity index is 943. The van der Waals surface area contributed by atoms with Gasteiger partial charge in [-0.25, -0.2) is 4.79 Å². The average Bonchev–Trinajstić information content (AvgIpc) is 2.72. The average molecular weight is 372 g/mol. The number of nitrogens with zero attached hydrogens (tertiary/aromatic N) is 2. The first-order valence-electron chi connectivity index (χ1n) is 9.86. The van der Waals surface area contributed by atoms with Gasteiger partial charge in [-0.3, -0.25) is 4.90 Å². The Labute approximate surface area is 166 Å². The second-order valence-corrected chi connectivity index (χ2v) is 7.64. The summed E-state index contributed by atoms with van der Waals surface area (Å²) in [5.74, 6) is 0. The zero-order chi connectivity index (χ0) is 19.5. The topological polar surface area (TPSA) is 53.3 Å². The van der Waals surface area contributed by atoms with Crippen molar-refractivity contribution in [3.8, 4) is 6.07 Å². The summed E-state index contributed by atoms with van der Waals surface area (Å²) in [5, 5.41) is 9.24. The summed E-state index contributed by atoms with van der Waals surface area (Å²) in [5.41, 5.74) is 5.22. The summed E-state index contributed by atoms with van der Waals surface area (Å²) in [7, 11) is 0. The maximum atomic E-state index is 12.8. The van der Waals surface area contributed by atoms with Crippen molar-refractivity contribution in [2.45, 2.75) is 51.3 Å². The molecule has 2 unspecified atom stereocenters. The van der Waals surface area contributed by atoms with E-state index in [1.54, 1.807) is 0 Å². The molecule has 4 nitrogen and oxygen atoms in total. The molecule has 2 aliphatic heterocycles. The number of fused-ring (bicyclic) bond motifs is 2. The van der Waals surface area contributed by atoms with Crippen LogP contribution in [0.15, 0.2) is 54.6 Å². The number of amides is 1. The molecular formula is C24H24N2O2. The van der Waals surface area contributed by atoms with E-state index in [4.69, 9.17) is 4.74 Å². The molecular weight excluding hydrogens is 348 g/mol. The van der Waals surface area contributed by atoms with Crippen LogP contribution in [0.4, 0.5) is 4.79 Å². The zero-order valence-electron chi connectivity index (χ0n) is 16.1. The van der Waals surface area contributed by atoms with Gasteiger partial charge in [0.25, 0.3) is 0 Å². The summed E-state index contributed by atoms with van der Waals surface area (Å²) in [4.78, 5) is 14.8. The molecule has 0 spiro atoms. The molecule has 4 rings (SSSR count). The molecule has 28 heavy (non-hydrogen) atoms. The Hall–Kier alpha value is -3.06. The molecule has 4 heteroatoms. The summed E-state index contributed by atoms with van der Waals surface area (Å²) < 4.78 is 5.62. The van der Waals surface area contributed by atoms with E-state index >= 15 is 0 Å². The first-order valence-corrected chi connectivity index (χ1v) is 9.86. The lowest BCUT2D eigenvalue weighted by molar-refractivity contribution is 0.0510. The smallest absolute Gasteiger partial charge is 0.410 e. The number of carbonyl (C=O) groups excluding carboxylic acids is 1. The zero-order valence-corrected chi connectivity index (χ0v) is 16.1. The largest absolute Gasteiger partial charge is 0.445 e. The normalized spacial score (nSPS) is 20.9. The van der Waals surface area contributed by atoms with E-state index < -0.39 is 0 Å². The Balaban J connectivity index is 1.54. The van der Waals surface area contributed by atoms with Gasteiger partial charge in [0.15, 0.2) is 0 Å². The fourth-order valence-corrected chi connectivity index (χ4v) is 4.35. The predicted octanol–water partition coefficient (Wildman–Crippen LogP) is 5.21. The van der Waals surface area contributed by atoms with E-state index in [1.165, 1.54) is 11.1 Å². The Morgan fingerprint density at radius 2 is 2.04 bits per heavy atom. The van der Waals surface area contributed by atoms with Gasteiger partial charge in [-0.1, -0.05) is 42.5 Å². The van der Waals surface area contributed by atoms with E-state index in [-0.39, 0.29) is 18.2 Å². The first kappa shape index (κ1) is 18.3. The van der Waals surface area contributed by atoms with Crippen LogP contribution in [0.1, 0.15) is 47.9 Å². The summed E-state index contributed by atoms with van der Waals surface area (Å²) in [6.45, 7) is 2.38. The first-order chi connectivity index (χ1) is 13.7. The van der Waals surface area contributed by atoms with Gasteiger partial charge >= 0.3 is 6.09 Å². The molecule has 2 bridgehead atoms. The lowest BCUT2D eigenvalue weighted by atomic mass is 9.82. The minimum atomic E-state index is -0.226. The highest BCUT2D eigenvalue weighted by Crippen LogP contribution is 2.38. The molecule has 1 fully saturated rings. The van der Waals surface area contributed by atoms with Crippen molar-refractivity contribution in [2.24, 2.45) is 0 Å². The van der Waals surface area contributed by atoms with Gasteiger partial charge in [-0.15, -0.1) is 0 Å². The Morgan fingerprint density at radius 3 is 2.79 bits per heavy atom. The fraction of sp³-hybridized carbons (Fsp3) is 0.333. The third-order valence-corrected chi connectivity index (χ3v) is 5.77. The van der Waals surface area contributed by atoms with Gasteiger partial charge in [0, 0.05) is 6.04 Å². The monoisotopic (exact) mass is 372 g/mol. The lowest BCUT2D eigenvalue weighted by Gasteiger charge is -2.44. The molecule has 2 atom stereocenters. The van der Waals surface area contributed by atoms with Crippen molar-refractivity contribution in [3.63, 3.8) is 0 Å². The molecule has 0 saturated carbocycles. The van der Waals surface area contributed by atoms with E-state index in [1.807, 2.05) is 53.4 Å². The number of nitriles is 1. The van der Waals surface area contributed by atoms with Gasteiger partial charge in [0.05, 0.1) is 17.7 Å². The second kappa shape index (κ2) is 7.90. The number of ether oxygens (including phenoxy) is 1. The summed E-state index contributed by atoms with van der Waals surface area (Å²) >= 11 is 0. The second-order valence-electron chi connectivity index (χ2n) is 7.64. The minimum absolute atomic E-state index is 0.0657. The third-order valence-electron chi connectivity index (χ3n) is 5.77. The van der Waals surface area contributed by atoms with Crippen molar-refractivity contribution >= 4 is 11.7 Å². The van der Waals surface area contributed by atoms with Crippen LogP contribution in [0.3, 0.4) is 0 Å². The van der Waals surface area contributed by atoms with Crippen molar-refractivity contribution in [1.82, 2.24) is 4.90 Å². The Kier molecular flexibility index (Phi) is 5.16. The molecule has 1 amide bonds. The van der Waals surface area contributed by atoms with Crippen molar-refractivity contribution in [3.05, 3.63) is 76.9 Å². The molecule has 2 aliphatic rings. The fourth-order valence-electron chi connectivity index (χ4n) is 4.35. The maximum absolute atomic E-state index is 12.8. The van der Waals surface area contributed by atoms with Gasteiger partial charge < -0.3 is 4.74 Å². The Morgan fingerprint density at radius 1 is 1.21 bits per heavy atom. The van der Waals surface area contributed by atoms with E-state index in [2.05, 4.69) is 19.1 Å². The van der Waals surface area contributed by atoms with Gasteiger partial charge in [0.2, 0.25) is 0 Å². The van der Waals surface area contributed by atoms with Crippen LogP contribution in [-0.2, 0) is 11.3 Å². The quantitative estimate of drug-likeness (QED) is 0.743. The van der Waals surface area contributed by atoms with Crippen LogP contribution in [-0.4, -0.2) is 23.1 Å². The molecule has 2 heterocycles.